The minimum Gasteiger partial charge on any atom is -0.497 e. The van der Waals surface area contributed by atoms with Gasteiger partial charge in [0.15, 0.2) is 0 Å². The number of aliphatic carboxylic acids is 1. The van der Waals surface area contributed by atoms with Crippen molar-refractivity contribution < 1.29 is 14.6 Å². The van der Waals surface area contributed by atoms with E-state index in [1.54, 1.807) is 19.5 Å². The predicted molar refractivity (Wildman–Crippen MR) is 129 cm³/mol. The second-order valence-corrected chi connectivity index (χ2v) is 8.55. The number of anilines is 2. The molecule has 33 heavy (non-hydrogen) atoms. The lowest BCUT2D eigenvalue weighted by Crippen LogP contribution is -2.42. The van der Waals surface area contributed by atoms with Crippen molar-refractivity contribution in [3.05, 3.63) is 66.5 Å². The van der Waals surface area contributed by atoms with E-state index in [4.69, 9.17) is 4.74 Å². The van der Waals surface area contributed by atoms with Gasteiger partial charge in [-0.2, -0.15) is 0 Å². The molecule has 172 valence electrons. The number of carboxylic acids is 1. The summed E-state index contributed by atoms with van der Waals surface area (Å²) in [6.45, 7) is 3.91. The average molecular weight is 447 g/mol. The largest absolute Gasteiger partial charge is 0.497 e. The highest BCUT2D eigenvalue weighted by molar-refractivity contribution is 5.70. The van der Waals surface area contributed by atoms with Crippen molar-refractivity contribution >= 4 is 17.6 Å². The topological polar surface area (TPSA) is 87.6 Å². The molecule has 2 heterocycles. The first kappa shape index (κ1) is 22.7. The standard InChI is InChI=1S/C26H30N4O3/c1-18(30-13-11-21(12-14-30)25(31)32)15-19-3-7-23(8-4-19)29-26-27-16-22(17-28-26)20-5-9-24(33-2)10-6-20/h3-10,16-18,21H,11-15H2,1-2H3,(H,31,32)(H,27,28,29). The number of carbonyl (C=O) groups is 1. The zero-order valence-corrected chi connectivity index (χ0v) is 19.1. The maximum atomic E-state index is 11.2. The Morgan fingerprint density at radius 3 is 2.27 bits per heavy atom. The summed E-state index contributed by atoms with van der Waals surface area (Å²) in [6.07, 6.45) is 6.02. The van der Waals surface area contributed by atoms with Crippen molar-refractivity contribution in [3.8, 4) is 16.9 Å². The highest BCUT2D eigenvalue weighted by Gasteiger charge is 2.26. The summed E-state index contributed by atoms with van der Waals surface area (Å²) < 4.78 is 5.20. The van der Waals surface area contributed by atoms with E-state index in [2.05, 4.69) is 39.2 Å². The number of hydrogen-bond acceptors (Lipinski definition) is 6. The lowest BCUT2D eigenvalue weighted by molar-refractivity contribution is -0.143. The van der Waals surface area contributed by atoms with E-state index in [0.717, 1.165) is 54.9 Å². The maximum absolute atomic E-state index is 11.2. The normalized spacial score (nSPS) is 15.7. The van der Waals surface area contributed by atoms with E-state index in [0.29, 0.717) is 12.0 Å². The number of methoxy groups -OCH3 is 1. The van der Waals surface area contributed by atoms with Gasteiger partial charge in [-0.1, -0.05) is 24.3 Å². The van der Waals surface area contributed by atoms with Crippen LogP contribution >= 0.6 is 0 Å². The molecular weight excluding hydrogens is 416 g/mol. The molecule has 1 unspecified atom stereocenters. The van der Waals surface area contributed by atoms with Crippen molar-refractivity contribution in [2.45, 2.75) is 32.2 Å². The monoisotopic (exact) mass is 446 g/mol. The van der Waals surface area contributed by atoms with E-state index >= 15 is 0 Å². The molecule has 0 radical (unpaired) electrons. The first-order valence-corrected chi connectivity index (χ1v) is 11.3. The van der Waals surface area contributed by atoms with Gasteiger partial charge >= 0.3 is 5.97 Å². The number of nitrogens with one attached hydrogen (secondary N) is 1. The highest BCUT2D eigenvalue weighted by Crippen LogP contribution is 2.23. The molecule has 3 aromatic rings. The summed E-state index contributed by atoms with van der Waals surface area (Å²) in [5.74, 6) is 0.518. The lowest BCUT2D eigenvalue weighted by Gasteiger charge is -2.34. The fourth-order valence-electron chi connectivity index (χ4n) is 4.24. The van der Waals surface area contributed by atoms with Gasteiger partial charge < -0.3 is 20.1 Å². The van der Waals surface area contributed by atoms with Gasteiger partial charge in [-0.3, -0.25) is 4.79 Å². The molecule has 1 atom stereocenters. The van der Waals surface area contributed by atoms with E-state index in [1.165, 1.54) is 5.56 Å². The Labute approximate surface area is 194 Å². The highest BCUT2D eigenvalue weighted by atomic mass is 16.5. The number of ether oxygens (including phenoxy) is 1. The summed E-state index contributed by atoms with van der Waals surface area (Å²) in [5, 5.41) is 12.4. The Balaban J connectivity index is 1.30. The minimum atomic E-state index is -0.662. The van der Waals surface area contributed by atoms with Crippen LogP contribution < -0.4 is 10.1 Å². The summed E-state index contributed by atoms with van der Waals surface area (Å²) in [5.41, 5.74) is 4.17. The Morgan fingerprint density at radius 2 is 1.70 bits per heavy atom. The SMILES string of the molecule is COc1ccc(-c2cnc(Nc3ccc(CC(C)N4CCC(C(=O)O)CC4)cc3)nc2)cc1. The molecule has 7 nitrogen and oxygen atoms in total. The fourth-order valence-corrected chi connectivity index (χ4v) is 4.24. The van der Waals surface area contributed by atoms with Crippen molar-refractivity contribution in [3.63, 3.8) is 0 Å². The van der Waals surface area contributed by atoms with E-state index in [9.17, 15) is 9.90 Å². The Bertz CT molecular complexity index is 1040. The number of nitrogens with zero attached hydrogens (tertiary/aromatic N) is 3. The van der Waals surface area contributed by atoms with Gasteiger partial charge in [0.25, 0.3) is 0 Å². The van der Waals surface area contributed by atoms with Gasteiger partial charge in [0.05, 0.1) is 13.0 Å². The minimum absolute atomic E-state index is 0.189. The van der Waals surface area contributed by atoms with Crippen LogP contribution in [0.3, 0.4) is 0 Å². The number of likely N-dealkylation sites (tertiary alicyclic amines) is 1. The number of carboxylic acid groups (broad SMARTS) is 1. The third kappa shape index (κ3) is 5.87. The van der Waals surface area contributed by atoms with E-state index in [1.807, 2.05) is 36.4 Å². The molecule has 4 rings (SSSR count). The molecule has 0 spiro atoms. The molecular formula is C26H30N4O3. The van der Waals surface area contributed by atoms with Crippen molar-refractivity contribution in [2.75, 3.05) is 25.5 Å². The second kappa shape index (κ2) is 10.4. The molecule has 0 amide bonds. The van der Waals surface area contributed by atoms with Gasteiger partial charge in [-0.15, -0.1) is 0 Å². The molecule has 1 aromatic heterocycles. The van der Waals surface area contributed by atoms with E-state index in [-0.39, 0.29) is 5.92 Å². The van der Waals surface area contributed by atoms with Gasteiger partial charge in [0.1, 0.15) is 5.75 Å². The molecule has 7 heteroatoms. The van der Waals surface area contributed by atoms with Crippen LogP contribution in [0.5, 0.6) is 5.75 Å². The Hall–Kier alpha value is -3.45. The van der Waals surface area contributed by atoms with Crippen LogP contribution in [0.25, 0.3) is 11.1 Å². The van der Waals surface area contributed by atoms with Crippen LogP contribution in [0.2, 0.25) is 0 Å². The fraction of sp³-hybridized carbons (Fsp3) is 0.346. The van der Waals surface area contributed by atoms with Crippen LogP contribution in [0.1, 0.15) is 25.3 Å². The molecule has 1 aliphatic rings. The molecule has 1 saturated heterocycles. The molecule has 0 bridgehead atoms. The molecule has 2 aromatic carbocycles. The van der Waals surface area contributed by atoms with Crippen LogP contribution in [0, 0.1) is 5.92 Å². The van der Waals surface area contributed by atoms with Crippen molar-refractivity contribution in [2.24, 2.45) is 5.92 Å². The smallest absolute Gasteiger partial charge is 0.306 e. The number of aromatic nitrogens is 2. The van der Waals surface area contributed by atoms with Crippen LogP contribution in [-0.2, 0) is 11.2 Å². The molecule has 2 N–H and O–H groups in total. The lowest BCUT2D eigenvalue weighted by atomic mass is 9.95. The zero-order chi connectivity index (χ0) is 23.2. The molecule has 1 fully saturated rings. The van der Waals surface area contributed by atoms with Gasteiger partial charge in [0, 0.05) is 29.7 Å². The van der Waals surface area contributed by atoms with Crippen molar-refractivity contribution in [1.29, 1.82) is 0 Å². The maximum Gasteiger partial charge on any atom is 0.306 e. The summed E-state index contributed by atoms with van der Waals surface area (Å²) in [7, 11) is 1.65. The predicted octanol–water partition coefficient (Wildman–Crippen LogP) is 4.62. The third-order valence-electron chi connectivity index (χ3n) is 6.32. The number of benzene rings is 2. The van der Waals surface area contributed by atoms with Crippen LogP contribution in [0.15, 0.2) is 60.9 Å². The number of rotatable bonds is 8. The quantitative estimate of drug-likeness (QED) is 0.522. The first-order chi connectivity index (χ1) is 16.0. The number of piperidine rings is 1. The Kier molecular flexibility index (Phi) is 7.19. The van der Waals surface area contributed by atoms with Gasteiger partial charge in [-0.05, 0) is 74.7 Å². The van der Waals surface area contributed by atoms with Crippen LogP contribution in [0.4, 0.5) is 11.6 Å². The third-order valence-corrected chi connectivity index (χ3v) is 6.32. The zero-order valence-electron chi connectivity index (χ0n) is 19.1. The van der Waals surface area contributed by atoms with Crippen LogP contribution in [-0.4, -0.2) is 52.2 Å². The average Bonchev–Trinajstić information content (AvgIpc) is 2.86. The second-order valence-electron chi connectivity index (χ2n) is 8.55. The summed E-state index contributed by atoms with van der Waals surface area (Å²) >= 11 is 0. The van der Waals surface area contributed by atoms with Gasteiger partial charge in [-0.25, -0.2) is 9.97 Å². The molecule has 1 aliphatic heterocycles. The van der Waals surface area contributed by atoms with Crippen molar-refractivity contribution in [1.82, 2.24) is 14.9 Å². The summed E-state index contributed by atoms with van der Waals surface area (Å²) in [6, 6.07) is 16.5. The van der Waals surface area contributed by atoms with Gasteiger partial charge in [0.2, 0.25) is 5.95 Å². The first-order valence-electron chi connectivity index (χ1n) is 11.3. The number of hydrogen-bond donors (Lipinski definition) is 2. The summed E-state index contributed by atoms with van der Waals surface area (Å²) in [4.78, 5) is 22.4. The Morgan fingerprint density at radius 1 is 1.06 bits per heavy atom. The molecule has 0 saturated carbocycles. The molecule has 0 aliphatic carbocycles. The van der Waals surface area contributed by atoms with E-state index < -0.39 is 5.97 Å².